The maximum absolute atomic E-state index is 12.6. The minimum atomic E-state index is -0.348. The van der Waals surface area contributed by atoms with Crippen molar-refractivity contribution in [3.8, 4) is 0 Å². The molecule has 1 aliphatic carbocycles. The maximum atomic E-state index is 12.6. The normalized spacial score (nSPS) is 12.7. The Balaban J connectivity index is 2.30. The summed E-state index contributed by atoms with van der Waals surface area (Å²) >= 11 is 0. The van der Waals surface area contributed by atoms with E-state index in [1.165, 1.54) is 24.3 Å². The van der Waals surface area contributed by atoms with Gasteiger partial charge in [0.1, 0.15) is 5.82 Å². The summed E-state index contributed by atoms with van der Waals surface area (Å²) in [4.78, 5) is 11.8. The largest absolute Gasteiger partial charge is 0.289 e. The van der Waals surface area contributed by atoms with Gasteiger partial charge in [-0.1, -0.05) is 11.5 Å². The van der Waals surface area contributed by atoms with Crippen LogP contribution in [-0.4, -0.2) is 5.78 Å². The van der Waals surface area contributed by atoms with Crippen LogP contribution in [0.1, 0.15) is 10.4 Å². The second-order valence-electron chi connectivity index (χ2n) is 3.06. The van der Waals surface area contributed by atoms with E-state index in [2.05, 4.69) is 11.5 Å². The number of hydrogen-bond donors (Lipinski definition) is 0. The van der Waals surface area contributed by atoms with Crippen molar-refractivity contribution in [3.63, 3.8) is 0 Å². The van der Waals surface area contributed by atoms with E-state index in [0.717, 1.165) is 0 Å². The second-order valence-corrected chi connectivity index (χ2v) is 3.06. The molecular weight excluding hydrogens is 191 g/mol. The Bertz CT molecular complexity index is 522. The van der Waals surface area contributed by atoms with Gasteiger partial charge in [0.05, 0.1) is 0 Å². The topological polar surface area (TPSA) is 17.1 Å². The van der Waals surface area contributed by atoms with Gasteiger partial charge in [0.2, 0.25) is 0 Å². The van der Waals surface area contributed by atoms with Crippen molar-refractivity contribution >= 4 is 5.78 Å². The predicted octanol–water partition coefficient (Wildman–Crippen LogP) is 2.81. The van der Waals surface area contributed by atoms with Crippen molar-refractivity contribution < 1.29 is 9.18 Å². The zero-order valence-corrected chi connectivity index (χ0v) is 7.83. The van der Waals surface area contributed by atoms with E-state index in [0.29, 0.717) is 11.1 Å². The van der Waals surface area contributed by atoms with Crippen LogP contribution < -0.4 is 0 Å². The van der Waals surface area contributed by atoms with Gasteiger partial charge >= 0.3 is 0 Å². The number of carbonyl (C=O) groups is 1. The summed E-state index contributed by atoms with van der Waals surface area (Å²) in [6.45, 7) is 0. The first-order valence-corrected chi connectivity index (χ1v) is 4.45. The van der Waals surface area contributed by atoms with E-state index in [-0.39, 0.29) is 11.6 Å². The molecule has 0 radical (unpaired) electrons. The molecule has 0 heterocycles. The molecule has 0 spiro atoms. The first-order valence-electron chi connectivity index (χ1n) is 4.45. The van der Waals surface area contributed by atoms with Crippen molar-refractivity contribution in [3.05, 3.63) is 70.9 Å². The summed E-state index contributed by atoms with van der Waals surface area (Å²) in [5.74, 6) is -0.486. The zero-order chi connectivity index (χ0) is 10.7. The quantitative estimate of drug-likeness (QED) is 0.527. The minimum absolute atomic E-state index is 0.139. The molecule has 0 saturated carbocycles. The van der Waals surface area contributed by atoms with Gasteiger partial charge in [-0.3, -0.25) is 4.79 Å². The van der Waals surface area contributed by atoms with E-state index in [1.54, 1.807) is 18.2 Å². The molecule has 1 aliphatic rings. The molecule has 72 valence electrons. The Morgan fingerprint density at radius 3 is 2.47 bits per heavy atom. The smallest absolute Gasteiger partial charge is 0.193 e. The van der Waals surface area contributed by atoms with E-state index in [1.807, 2.05) is 0 Å². The molecule has 0 fully saturated rings. The van der Waals surface area contributed by atoms with Gasteiger partial charge in [0.25, 0.3) is 0 Å². The van der Waals surface area contributed by atoms with Crippen molar-refractivity contribution in [2.24, 2.45) is 0 Å². The van der Waals surface area contributed by atoms with Gasteiger partial charge in [-0.05, 0) is 42.5 Å². The van der Waals surface area contributed by atoms with Crippen LogP contribution >= 0.6 is 0 Å². The second kappa shape index (κ2) is 3.93. The first kappa shape index (κ1) is 9.42. The zero-order valence-electron chi connectivity index (χ0n) is 7.83. The van der Waals surface area contributed by atoms with Crippen molar-refractivity contribution in [1.82, 2.24) is 0 Å². The molecule has 0 unspecified atom stereocenters. The van der Waals surface area contributed by atoms with Crippen LogP contribution in [0.4, 0.5) is 4.39 Å². The average molecular weight is 198 g/mol. The van der Waals surface area contributed by atoms with Crippen LogP contribution in [0.2, 0.25) is 0 Å². The third-order valence-electron chi connectivity index (χ3n) is 2.03. The number of ketones is 1. The van der Waals surface area contributed by atoms with Gasteiger partial charge in [-0.2, -0.15) is 0 Å². The monoisotopic (exact) mass is 198 g/mol. The summed E-state index contributed by atoms with van der Waals surface area (Å²) in [7, 11) is 0. The minimum Gasteiger partial charge on any atom is -0.289 e. The lowest BCUT2D eigenvalue weighted by Gasteiger charge is -2.00. The fourth-order valence-corrected chi connectivity index (χ4v) is 1.26. The molecule has 2 heteroatoms. The third-order valence-corrected chi connectivity index (χ3v) is 2.03. The lowest BCUT2D eigenvalue weighted by atomic mass is 10.0. The highest BCUT2D eigenvalue weighted by Gasteiger charge is 2.09. The molecule has 0 bridgehead atoms. The number of carbonyl (C=O) groups excluding carboxylic acids is 1. The van der Waals surface area contributed by atoms with Crippen LogP contribution in [0, 0.1) is 5.82 Å². The number of allylic oxidation sites excluding steroid dienone is 4. The van der Waals surface area contributed by atoms with Crippen LogP contribution in [0.5, 0.6) is 0 Å². The Hall–Kier alpha value is -2.14. The van der Waals surface area contributed by atoms with Gasteiger partial charge in [0.15, 0.2) is 5.78 Å². The Morgan fingerprint density at radius 2 is 1.87 bits per heavy atom. The Morgan fingerprint density at radius 1 is 1.13 bits per heavy atom. The Kier molecular flexibility index (Phi) is 2.47. The molecule has 2 rings (SSSR count). The third kappa shape index (κ3) is 2.03. The molecule has 1 nitrogen and oxygen atoms in total. The van der Waals surface area contributed by atoms with Crippen LogP contribution in [0.25, 0.3) is 0 Å². The van der Waals surface area contributed by atoms with Crippen LogP contribution in [-0.2, 0) is 0 Å². The molecule has 0 atom stereocenters. The van der Waals surface area contributed by atoms with Crippen molar-refractivity contribution in [2.45, 2.75) is 0 Å². The van der Waals surface area contributed by atoms with Crippen molar-refractivity contribution in [2.75, 3.05) is 0 Å². The Labute approximate surface area is 86.5 Å². The number of benzene rings is 1. The van der Waals surface area contributed by atoms with E-state index < -0.39 is 0 Å². The highest BCUT2D eigenvalue weighted by molar-refractivity contribution is 6.10. The summed E-state index contributed by atoms with van der Waals surface area (Å²) in [6.07, 6.45) is 4.84. The number of halogens is 1. The molecule has 0 aromatic heterocycles. The summed E-state index contributed by atoms with van der Waals surface area (Å²) in [5, 5.41) is 0. The maximum Gasteiger partial charge on any atom is 0.193 e. The van der Waals surface area contributed by atoms with Gasteiger partial charge in [-0.25, -0.2) is 4.39 Å². The summed E-state index contributed by atoms with van der Waals surface area (Å²) in [5.41, 5.74) is 6.41. The fraction of sp³-hybridized carbons (Fsp3) is 0. The van der Waals surface area contributed by atoms with Crippen LogP contribution in [0.15, 0.2) is 59.5 Å². The average Bonchev–Trinajstić information content (AvgIpc) is 2.30. The standard InChI is InChI=1S/C13H7FO/c14-12-8-6-11(7-9-12)13(15)10-4-2-1-3-5-10/h2,4-9H. The first-order chi connectivity index (χ1) is 7.27. The predicted molar refractivity (Wildman–Crippen MR) is 55.0 cm³/mol. The molecule has 15 heavy (non-hydrogen) atoms. The molecule has 1 aromatic rings. The molecule has 0 amide bonds. The van der Waals surface area contributed by atoms with E-state index >= 15 is 0 Å². The molecule has 1 aromatic carbocycles. The number of Topliss-reactive ketones (excluding diaryl/α,β-unsaturated/α-hetero) is 1. The molecule has 0 N–H and O–H groups in total. The van der Waals surface area contributed by atoms with Crippen LogP contribution in [0.3, 0.4) is 0 Å². The molecular formula is C13H7FO. The fourth-order valence-electron chi connectivity index (χ4n) is 1.26. The van der Waals surface area contributed by atoms with Gasteiger partial charge < -0.3 is 0 Å². The lowest BCUT2D eigenvalue weighted by molar-refractivity contribution is 0.103. The van der Waals surface area contributed by atoms with Crippen molar-refractivity contribution in [1.29, 1.82) is 0 Å². The SMILES string of the molecule is O=C(C1=CC=C=C=C1)c1ccc(F)cc1. The van der Waals surface area contributed by atoms with Gasteiger partial charge in [0, 0.05) is 11.1 Å². The molecule has 0 aliphatic heterocycles. The summed E-state index contributed by atoms with van der Waals surface area (Å²) < 4.78 is 12.6. The lowest BCUT2D eigenvalue weighted by Crippen LogP contribution is -2.01. The molecule has 0 saturated heterocycles. The number of hydrogen-bond acceptors (Lipinski definition) is 1. The number of rotatable bonds is 2. The van der Waals surface area contributed by atoms with Gasteiger partial charge in [-0.15, -0.1) is 0 Å². The van der Waals surface area contributed by atoms with E-state index in [9.17, 15) is 9.18 Å². The highest BCUT2D eigenvalue weighted by atomic mass is 19.1. The van der Waals surface area contributed by atoms with E-state index in [4.69, 9.17) is 0 Å². The highest BCUT2D eigenvalue weighted by Crippen LogP contribution is 2.11. The summed E-state index contributed by atoms with van der Waals surface area (Å²) in [6, 6.07) is 5.47.